The van der Waals surface area contributed by atoms with E-state index in [1.165, 1.54) is 18.4 Å². The Kier molecular flexibility index (Phi) is 6.39. The molecule has 1 aromatic carbocycles. The van der Waals surface area contributed by atoms with Crippen LogP contribution < -0.4 is 10.1 Å². The van der Waals surface area contributed by atoms with E-state index < -0.39 is 0 Å². The van der Waals surface area contributed by atoms with Gasteiger partial charge in [0.1, 0.15) is 5.75 Å². The molecule has 1 aromatic heterocycles. The fraction of sp³-hybridized carbons (Fsp3) is 0.353. The molecule has 0 saturated carbocycles. The molecule has 0 aliphatic rings. The number of rotatable bonds is 6. The molecule has 0 bridgehead atoms. The van der Waals surface area contributed by atoms with Crippen molar-refractivity contribution in [3.8, 4) is 5.75 Å². The molecular formula is C17H19ClN2O4S. The Hall–Kier alpha value is -2.12. The highest BCUT2D eigenvalue weighted by Gasteiger charge is 2.14. The van der Waals surface area contributed by atoms with E-state index in [-0.39, 0.29) is 24.9 Å². The Morgan fingerprint density at radius 3 is 2.48 bits per heavy atom. The van der Waals surface area contributed by atoms with E-state index in [1.807, 2.05) is 13.8 Å². The first-order chi connectivity index (χ1) is 11.8. The molecule has 0 unspecified atom stereocenters. The van der Waals surface area contributed by atoms with Crippen molar-refractivity contribution < 1.29 is 19.1 Å². The lowest BCUT2D eigenvalue weighted by molar-refractivity contribution is -0.139. The maximum Gasteiger partial charge on any atom is 0.310 e. The van der Waals surface area contributed by atoms with Gasteiger partial charge in [0.15, 0.2) is 11.7 Å². The van der Waals surface area contributed by atoms with Crippen molar-refractivity contribution in [2.45, 2.75) is 27.2 Å². The number of ether oxygens (including phenoxy) is 2. The first-order valence-electron chi connectivity index (χ1n) is 7.52. The minimum atomic E-state index is -0.346. The zero-order chi connectivity index (χ0) is 18.6. The van der Waals surface area contributed by atoms with Crippen LogP contribution in [0.2, 0.25) is 5.02 Å². The van der Waals surface area contributed by atoms with E-state index >= 15 is 0 Å². The molecule has 0 radical (unpaired) electrons. The van der Waals surface area contributed by atoms with E-state index in [9.17, 15) is 9.59 Å². The molecule has 2 rings (SSSR count). The monoisotopic (exact) mass is 382 g/mol. The van der Waals surface area contributed by atoms with Gasteiger partial charge in [0, 0.05) is 9.90 Å². The third-order valence-corrected chi connectivity index (χ3v) is 5.12. The summed E-state index contributed by atoms with van der Waals surface area (Å²) in [4.78, 5) is 28.4. The second-order valence-corrected chi connectivity index (χ2v) is 6.95. The number of nitrogens with one attached hydrogen (secondary N) is 1. The highest BCUT2D eigenvalue weighted by molar-refractivity contribution is 7.16. The standard InChI is InChI=1S/C17H19ClN2O4S/c1-9-5-12(6-10(2)16(9)18)24-8-14(21)20-17-19-11(3)13(25-17)7-15(22)23-4/h5-6H,7-8H2,1-4H3,(H,19,20,21). The normalized spacial score (nSPS) is 10.4. The summed E-state index contributed by atoms with van der Waals surface area (Å²) in [7, 11) is 1.33. The predicted molar refractivity (Wildman–Crippen MR) is 97.6 cm³/mol. The molecule has 134 valence electrons. The number of aryl methyl sites for hydroxylation is 3. The number of hydrogen-bond donors (Lipinski definition) is 1. The summed E-state index contributed by atoms with van der Waals surface area (Å²) in [5, 5.41) is 3.78. The molecule has 8 heteroatoms. The molecule has 1 heterocycles. The number of esters is 1. The first kappa shape index (κ1) is 19.2. The number of amides is 1. The van der Waals surface area contributed by atoms with Crippen LogP contribution in [-0.4, -0.2) is 30.6 Å². The maximum absolute atomic E-state index is 12.0. The minimum Gasteiger partial charge on any atom is -0.484 e. The van der Waals surface area contributed by atoms with Crippen molar-refractivity contribution >= 4 is 39.9 Å². The number of anilines is 1. The second kappa shape index (κ2) is 8.31. The largest absolute Gasteiger partial charge is 0.484 e. The third-order valence-electron chi connectivity index (χ3n) is 3.45. The highest BCUT2D eigenvalue weighted by atomic mass is 35.5. The van der Waals surface area contributed by atoms with Crippen molar-refractivity contribution in [1.82, 2.24) is 4.98 Å². The van der Waals surface area contributed by atoms with E-state index in [0.29, 0.717) is 21.6 Å². The summed E-state index contributed by atoms with van der Waals surface area (Å²) in [6, 6.07) is 3.56. The van der Waals surface area contributed by atoms with Crippen LogP contribution in [0.25, 0.3) is 0 Å². The molecule has 6 nitrogen and oxygen atoms in total. The molecule has 1 N–H and O–H groups in total. The van der Waals surface area contributed by atoms with Crippen molar-refractivity contribution in [2.75, 3.05) is 19.0 Å². The first-order valence-corrected chi connectivity index (χ1v) is 8.72. The van der Waals surface area contributed by atoms with Gasteiger partial charge in [0.25, 0.3) is 5.91 Å². The number of carbonyl (C=O) groups is 2. The Morgan fingerprint density at radius 2 is 1.88 bits per heavy atom. The van der Waals surface area contributed by atoms with Crippen LogP contribution in [0.15, 0.2) is 12.1 Å². The predicted octanol–water partition coefficient (Wildman–Crippen LogP) is 3.45. The van der Waals surface area contributed by atoms with Gasteiger partial charge in [-0.25, -0.2) is 4.98 Å². The van der Waals surface area contributed by atoms with Crippen molar-refractivity contribution in [2.24, 2.45) is 0 Å². The fourth-order valence-corrected chi connectivity index (χ4v) is 3.22. The molecule has 25 heavy (non-hydrogen) atoms. The molecule has 0 atom stereocenters. The van der Waals surface area contributed by atoms with E-state index in [4.69, 9.17) is 16.3 Å². The highest BCUT2D eigenvalue weighted by Crippen LogP contribution is 2.26. The lowest BCUT2D eigenvalue weighted by Crippen LogP contribution is -2.20. The molecule has 0 saturated heterocycles. The molecule has 2 aromatic rings. The summed E-state index contributed by atoms with van der Waals surface area (Å²) in [5.41, 5.74) is 2.47. The lowest BCUT2D eigenvalue weighted by atomic mass is 10.1. The Bertz CT molecular complexity index is 781. The number of methoxy groups -OCH3 is 1. The van der Waals surface area contributed by atoms with Gasteiger partial charge >= 0.3 is 5.97 Å². The number of hydrogen-bond acceptors (Lipinski definition) is 6. The number of benzene rings is 1. The summed E-state index contributed by atoms with van der Waals surface area (Å²) < 4.78 is 10.1. The van der Waals surface area contributed by atoms with Crippen LogP contribution in [0, 0.1) is 20.8 Å². The quantitative estimate of drug-likeness (QED) is 0.774. The Balaban J connectivity index is 1.94. The summed E-state index contributed by atoms with van der Waals surface area (Å²) in [5.74, 6) is -0.0960. The van der Waals surface area contributed by atoms with Crippen LogP contribution in [0.5, 0.6) is 5.75 Å². The van der Waals surface area contributed by atoms with Gasteiger partial charge in [-0.2, -0.15) is 0 Å². The zero-order valence-electron chi connectivity index (χ0n) is 14.4. The van der Waals surface area contributed by atoms with Gasteiger partial charge in [-0.3, -0.25) is 14.9 Å². The number of aromatic nitrogens is 1. The molecular weight excluding hydrogens is 364 g/mol. The topological polar surface area (TPSA) is 77.5 Å². The molecule has 1 amide bonds. The molecule has 0 spiro atoms. The lowest BCUT2D eigenvalue weighted by Gasteiger charge is -2.09. The zero-order valence-corrected chi connectivity index (χ0v) is 16.0. The maximum atomic E-state index is 12.0. The summed E-state index contributed by atoms with van der Waals surface area (Å²) in [6.45, 7) is 5.39. The van der Waals surface area contributed by atoms with Crippen LogP contribution in [0.1, 0.15) is 21.7 Å². The molecule has 0 aliphatic heterocycles. The Morgan fingerprint density at radius 1 is 1.24 bits per heavy atom. The number of nitrogens with zero attached hydrogens (tertiary/aromatic N) is 1. The van der Waals surface area contributed by atoms with Crippen molar-refractivity contribution in [3.63, 3.8) is 0 Å². The van der Waals surface area contributed by atoms with Crippen LogP contribution >= 0.6 is 22.9 Å². The minimum absolute atomic E-state index is 0.135. The average molecular weight is 383 g/mol. The van der Waals surface area contributed by atoms with E-state index in [0.717, 1.165) is 16.0 Å². The number of carbonyl (C=O) groups excluding carboxylic acids is 2. The van der Waals surface area contributed by atoms with Gasteiger partial charge in [-0.15, -0.1) is 11.3 Å². The van der Waals surface area contributed by atoms with Gasteiger partial charge in [0.05, 0.1) is 19.2 Å². The smallest absolute Gasteiger partial charge is 0.310 e. The van der Waals surface area contributed by atoms with Gasteiger partial charge in [0.2, 0.25) is 0 Å². The third kappa shape index (κ3) is 5.17. The van der Waals surface area contributed by atoms with Gasteiger partial charge in [-0.05, 0) is 44.0 Å². The van der Waals surface area contributed by atoms with E-state index in [2.05, 4.69) is 15.0 Å². The molecule has 0 aliphatic carbocycles. The van der Waals surface area contributed by atoms with Crippen LogP contribution in [0.3, 0.4) is 0 Å². The fourth-order valence-electron chi connectivity index (χ4n) is 2.14. The Labute approximate surface area is 155 Å². The van der Waals surface area contributed by atoms with Crippen LogP contribution in [0.4, 0.5) is 5.13 Å². The molecule has 0 fully saturated rings. The van der Waals surface area contributed by atoms with Gasteiger partial charge in [-0.1, -0.05) is 11.6 Å². The SMILES string of the molecule is COC(=O)Cc1sc(NC(=O)COc2cc(C)c(Cl)c(C)c2)nc1C. The number of halogens is 1. The van der Waals surface area contributed by atoms with Gasteiger partial charge < -0.3 is 9.47 Å². The van der Waals surface area contributed by atoms with Crippen molar-refractivity contribution in [1.29, 1.82) is 0 Å². The number of thiazole rings is 1. The summed E-state index contributed by atoms with van der Waals surface area (Å²) in [6.07, 6.45) is 0.135. The van der Waals surface area contributed by atoms with E-state index in [1.54, 1.807) is 19.1 Å². The average Bonchev–Trinajstić information content (AvgIpc) is 2.89. The summed E-state index contributed by atoms with van der Waals surface area (Å²) >= 11 is 7.35. The van der Waals surface area contributed by atoms with Crippen LogP contribution in [-0.2, 0) is 20.7 Å². The second-order valence-electron chi connectivity index (χ2n) is 5.49. The van der Waals surface area contributed by atoms with Crippen molar-refractivity contribution in [3.05, 3.63) is 38.9 Å².